The van der Waals surface area contributed by atoms with Gasteiger partial charge in [0, 0.05) is 24.2 Å². The summed E-state index contributed by atoms with van der Waals surface area (Å²) in [6.45, 7) is 15.1. The predicted octanol–water partition coefficient (Wildman–Crippen LogP) is 6.74. The minimum absolute atomic E-state index is 0.104. The second-order valence-electron chi connectivity index (χ2n) is 11.0. The van der Waals surface area contributed by atoms with Crippen molar-refractivity contribution in [2.24, 2.45) is 0 Å². The zero-order valence-electron chi connectivity index (χ0n) is 23.0. The van der Waals surface area contributed by atoms with Crippen LogP contribution in [0.15, 0.2) is 45.7 Å². The van der Waals surface area contributed by atoms with Crippen molar-refractivity contribution in [2.45, 2.75) is 79.2 Å². The van der Waals surface area contributed by atoms with Crippen LogP contribution in [-0.4, -0.2) is 44.6 Å². The average Bonchev–Trinajstić information content (AvgIpc) is 3.27. The van der Waals surface area contributed by atoms with Gasteiger partial charge >= 0.3 is 12.2 Å². The van der Waals surface area contributed by atoms with E-state index in [1.54, 1.807) is 47.6 Å². The number of hydrogen-bond donors (Lipinski definition) is 1. The van der Waals surface area contributed by atoms with E-state index in [0.29, 0.717) is 21.2 Å². The van der Waals surface area contributed by atoms with Gasteiger partial charge in [0.15, 0.2) is 17.3 Å². The summed E-state index contributed by atoms with van der Waals surface area (Å²) in [5.41, 5.74) is 0.864. The third-order valence-corrected chi connectivity index (χ3v) is 5.18. The minimum atomic E-state index is -0.963. The smallest absolute Gasteiger partial charge is 0.425 e. The van der Waals surface area contributed by atoms with Crippen molar-refractivity contribution in [3.05, 3.63) is 46.7 Å². The van der Waals surface area contributed by atoms with Crippen LogP contribution in [0.1, 0.15) is 61.0 Å². The summed E-state index contributed by atoms with van der Waals surface area (Å²) in [7, 11) is 0. The Bertz CT molecular complexity index is 1250. The Kier molecular flexibility index (Phi) is 8.94. The lowest BCUT2D eigenvalue weighted by Crippen LogP contribution is -2.44. The van der Waals surface area contributed by atoms with Gasteiger partial charge in [0.1, 0.15) is 21.5 Å². The van der Waals surface area contributed by atoms with Crippen LogP contribution in [-0.2, 0) is 16.0 Å². The summed E-state index contributed by atoms with van der Waals surface area (Å²) in [6.07, 6.45) is -0.563. The molecule has 11 heteroatoms. The van der Waals surface area contributed by atoms with Crippen molar-refractivity contribution >= 4 is 33.9 Å². The number of amides is 2. The fourth-order valence-electron chi connectivity index (χ4n) is 3.19. The van der Waals surface area contributed by atoms with E-state index in [9.17, 15) is 9.59 Å². The van der Waals surface area contributed by atoms with Gasteiger partial charge in [-0.2, -0.15) is 4.90 Å². The van der Waals surface area contributed by atoms with Crippen molar-refractivity contribution in [3.63, 3.8) is 0 Å². The highest BCUT2D eigenvalue weighted by Gasteiger charge is 2.36. The monoisotopic (exact) mass is 587 g/mol. The normalized spacial score (nSPS) is 11.9. The van der Waals surface area contributed by atoms with Crippen molar-refractivity contribution in [2.75, 3.05) is 4.90 Å². The van der Waals surface area contributed by atoms with Crippen LogP contribution >= 0.6 is 15.9 Å². The number of nitrogens with zero attached hydrogens (tertiary/aromatic N) is 4. The number of anilines is 1. The van der Waals surface area contributed by atoms with Gasteiger partial charge in [0.05, 0.1) is 6.20 Å². The van der Waals surface area contributed by atoms with Crippen LogP contribution in [0.2, 0.25) is 0 Å². The number of rotatable bonds is 6. The highest BCUT2D eigenvalue weighted by Crippen LogP contribution is 2.33. The van der Waals surface area contributed by atoms with Gasteiger partial charge < -0.3 is 19.3 Å². The maximum atomic E-state index is 13.2. The Morgan fingerprint density at radius 3 is 2.13 bits per heavy atom. The van der Waals surface area contributed by atoms with Crippen LogP contribution < -0.4 is 10.2 Å². The van der Waals surface area contributed by atoms with Crippen LogP contribution in [0.3, 0.4) is 0 Å². The number of imide groups is 1. The molecule has 2 amide bonds. The van der Waals surface area contributed by atoms with Gasteiger partial charge in [-0.1, -0.05) is 43.3 Å². The van der Waals surface area contributed by atoms with Crippen molar-refractivity contribution in [1.82, 2.24) is 20.4 Å². The van der Waals surface area contributed by atoms with Gasteiger partial charge in [-0.15, -0.1) is 0 Å². The number of ether oxygens (including phenoxy) is 2. The first kappa shape index (κ1) is 29.2. The molecule has 1 N–H and O–H groups in total. The van der Waals surface area contributed by atoms with Gasteiger partial charge in [-0.25, -0.2) is 19.6 Å². The van der Waals surface area contributed by atoms with Gasteiger partial charge in [0.25, 0.3) is 0 Å². The molecule has 0 bridgehead atoms. The summed E-state index contributed by atoms with van der Waals surface area (Å²) < 4.78 is 16.9. The molecular weight excluding hydrogens is 554 g/mol. The Labute approximate surface area is 231 Å². The van der Waals surface area contributed by atoms with Crippen molar-refractivity contribution < 1.29 is 23.6 Å². The SMILES string of the molecule is CC(C)NCc1ccc(-c2cc(-c3nc(Br)cnc3N(C(=O)OC(C)(C)C)C(=O)OC(C)(C)C)on2)cc1. The van der Waals surface area contributed by atoms with Gasteiger partial charge in [0.2, 0.25) is 0 Å². The average molecular weight is 589 g/mol. The lowest BCUT2D eigenvalue weighted by Gasteiger charge is -2.28. The van der Waals surface area contributed by atoms with Gasteiger partial charge in [-0.05, 0) is 63.0 Å². The Balaban J connectivity index is 2.01. The first-order chi connectivity index (χ1) is 17.6. The minimum Gasteiger partial charge on any atom is -0.443 e. The molecule has 0 saturated heterocycles. The zero-order valence-corrected chi connectivity index (χ0v) is 24.5. The molecule has 204 valence electrons. The maximum absolute atomic E-state index is 13.2. The molecule has 2 heterocycles. The van der Waals surface area contributed by atoms with E-state index < -0.39 is 23.4 Å². The largest absolute Gasteiger partial charge is 0.443 e. The molecule has 0 fully saturated rings. The van der Waals surface area contributed by atoms with Crippen molar-refractivity contribution in [3.8, 4) is 22.7 Å². The molecule has 3 aromatic rings. The molecule has 0 aliphatic carbocycles. The molecular formula is C27H34BrN5O5. The zero-order chi connectivity index (χ0) is 28.3. The van der Waals surface area contributed by atoms with Crippen LogP contribution in [0.4, 0.5) is 15.4 Å². The van der Waals surface area contributed by atoms with Crippen molar-refractivity contribution in [1.29, 1.82) is 0 Å². The summed E-state index contributed by atoms with van der Waals surface area (Å²) in [5.74, 6) is 0.0842. The molecule has 0 aliphatic rings. The third-order valence-electron chi connectivity index (χ3n) is 4.80. The first-order valence-corrected chi connectivity index (χ1v) is 13.0. The highest BCUT2D eigenvalue weighted by atomic mass is 79.9. The molecule has 3 rings (SSSR count). The summed E-state index contributed by atoms with van der Waals surface area (Å²) >= 11 is 3.31. The number of carbonyl (C=O) groups is 2. The summed E-state index contributed by atoms with van der Waals surface area (Å²) in [4.78, 5) is 35.8. The number of halogens is 1. The summed E-state index contributed by atoms with van der Waals surface area (Å²) in [6, 6.07) is 9.96. The van der Waals surface area contributed by atoms with Crippen LogP contribution in [0.5, 0.6) is 0 Å². The second-order valence-corrected chi connectivity index (χ2v) is 11.8. The highest BCUT2D eigenvalue weighted by molar-refractivity contribution is 9.10. The second kappa shape index (κ2) is 11.6. The first-order valence-electron chi connectivity index (χ1n) is 12.2. The molecule has 0 saturated carbocycles. The molecule has 0 radical (unpaired) electrons. The molecule has 0 atom stereocenters. The number of benzene rings is 1. The molecule has 38 heavy (non-hydrogen) atoms. The van der Waals surface area contributed by atoms with E-state index in [4.69, 9.17) is 14.0 Å². The lowest BCUT2D eigenvalue weighted by molar-refractivity contribution is 0.0429. The van der Waals surface area contributed by atoms with E-state index >= 15 is 0 Å². The number of hydrogen-bond acceptors (Lipinski definition) is 9. The quantitative estimate of drug-likeness (QED) is 0.334. The molecule has 0 aliphatic heterocycles. The number of aromatic nitrogens is 3. The molecule has 0 unspecified atom stereocenters. The number of nitrogens with one attached hydrogen (secondary N) is 1. The standard InChI is InChI=1S/C27H34BrN5O5/c1-16(2)29-14-17-9-11-18(12-10-17)19-13-20(38-32-19)22-23(30-15-21(28)31-22)33(24(34)36-26(3,4)5)25(35)37-27(6,7)8/h9-13,15-16,29H,14H2,1-8H3. The fraction of sp³-hybridized carbons (Fsp3) is 0.444. The van der Waals surface area contributed by atoms with Crippen LogP contribution in [0, 0.1) is 0 Å². The van der Waals surface area contributed by atoms with Gasteiger partial charge in [-0.3, -0.25) is 0 Å². The Hall–Kier alpha value is -3.31. The predicted molar refractivity (Wildman–Crippen MR) is 148 cm³/mol. The molecule has 1 aromatic carbocycles. The fourth-order valence-corrected chi connectivity index (χ4v) is 3.47. The maximum Gasteiger partial charge on any atom is 0.425 e. The Morgan fingerprint density at radius 1 is 1.03 bits per heavy atom. The van der Waals surface area contributed by atoms with Crippen LogP contribution in [0.25, 0.3) is 22.7 Å². The molecule has 0 spiro atoms. The molecule has 2 aromatic heterocycles. The van der Waals surface area contributed by atoms with E-state index in [0.717, 1.165) is 17.7 Å². The van der Waals surface area contributed by atoms with E-state index in [2.05, 4.69) is 50.2 Å². The molecule has 10 nitrogen and oxygen atoms in total. The Morgan fingerprint density at radius 2 is 1.61 bits per heavy atom. The topological polar surface area (TPSA) is 120 Å². The van der Waals surface area contributed by atoms with E-state index in [1.165, 1.54) is 6.20 Å². The summed E-state index contributed by atoms with van der Waals surface area (Å²) in [5, 5.41) is 7.56. The third kappa shape index (κ3) is 8.09. The number of carbonyl (C=O) groups excluding carboxylic acids is 2. The van der Waals surface area contributed by atoms with E-state index in [1.807, 2.05) is 24.3 Å². The van der Waals surface area contributed by atoms with E-state index in [-0.39, 0.29) is 17.3 Å². The lowest BCUT2D eigenvalue weighted by atomic mass is 10.1.